The van der Waals surface area contributed by atoms with Crippen LogP contribution in [0, 0.1) is 12.8 Å². The standard InChI is InChI=1S/C18H23ClN4O.ClH/c1-12-16(11-21-23(12)15-7-4-6-14(19)9-15)18(24)22-17-8-3-2-5-13(17)10-20;/h4,6-7,9,11,13,17H,2-3,5,8,10,20H2,1H3,(H,22,24);1H. The normalized spacial score (nSPS) is 20.0. The second kappa shape index (κ2) is 8.70. The number of nitrogens with zero attached hydrogens (tertiary/aromatic N) is 2. The van der Waals surface area contributed by atoms with Crippen LogP contribution in [-0.4, -0.2) is 28.3 Å². The fourth-order valence-corrected chi connectivity index (χ4v) is 3.61. The lowest BCUT2D eigenvalue weighted by Gasteiger charge is -2.31. The molecule has 0 bridgehead atoms. The molecule has 5 nitrogen and oxygen atoms in total. The van der Waals surface area contributed by atoms with Crippen LogP contribution in [0.25, 0.3) is 5.69 Å². The highest BCUT2D eigenvalue weighted by Gasteiger charge is 2.26. The van der Waals surface area contributed by atoms with Crippen LogP contribution >= 0.6 is 24.0 Å². The molecule has 1 aliphatic rings. The number of rotatable bonds is 4. The van der Waals surface area contributed by atoms with Crippen molar-refractivity contribution in [3.8, 4) is 5.69 Å². The number of halogens is 2. The summed E-state index contributed by atoms with van der Waals surface area (Å²) in [7, 11) is 0. The number of nitrogens with one attached hydrogen (secondary N) is 1. The Hall–Kier alpha value is -1.56. The van der Waals surface area contributed by atoms with Gasteiger partial charge in [0.05, 0.1) is 23.1 Å². The van der Waals surface area contributed by atoms with Crippen LogP contribution in [0.15, 0.2) is 30.5 Å². The molecule has 25 heavy (non-hydrogen) atoms. The minimum atomic E-state index is -0.0777. The Morgan fingerprint density at radius 1 is 1.40 bits per heavy atom. The molecule has 1 aromatic carbocycles. The van der Waals surface area contributed by atoms with E-state index >= 15 is 0 Å². The largest absolute Gasteiger partial charge is 0.349 e. The second-order valence-corrected chi connectivity index (χ2v) is 6.83. The van der Waals surface area contributed by atoms with E-state index in [9.17, 15) is 4.79 Å². The molecular weight excluding hydrogens is 359 g/mol. The molecule has 3 rings (SSSR count). The van der Waals surface area contributed by atoms with Gasteiger partial charge in [-0.3, -0.25) is 4.79 Å². The molecule has 0 radical (unpaired) electrons. The molecule has 1 fully saturated rings. The van der Waals surface area contributed by atoms with E-state index in [4.69, 9.17) is 17.3 Å². The summed E-state index contributed by atoms with van der Waals surface area (Å²) in [5.74, 6) is 0.289. The summed E-state index contributed by atoms with van der Waals surface area (Å²) in [5.41, 5.74) is 8.09. The Morgan fingerprint density at radius 3 is 2.88 bits per heavy atom. The summed E-state index contributed by atoms with van der Waals surface area (Å²) in [5, 5.41) is 8.15. The third kappa shape index (κ3) is 4.35. The highest BCUT2D eigenvalue weighted by molar-refractivity contribution is 6.30. The smallest absolute Gasteiger partial charge is 0.254 e. The van der Waals surface area contributed by atoms with Crippen molar-refractivity contribution in [2.45, 2.75) is 38.6 Å². The molecule has 0 saturated heterocycles. The molecule has 0 aliphatic heterocycles. The van der Waals surface area contributed by atoms with E-state index in [2.05, 4.69) is 10.4 Å². The number of hydrogen-bond donors (Lipinski definition) is 2. The number of carbonyl (C=O) groups excluding carboxylic acids is 1. The van der Waals surface area contributed by atoms with Gasteiger partial charge in [-0.1, -0.05) is 30.5 Å². The van der Waals surface area contributed by atoms with Crippen molar-refractivity contribution in [2.75, 3.05) is 6.54 Å². The maximum atomic E-state index is 12.7. The van der Waals surface area contributed by atoms with Gasteiger partial charge in [0.25, 0.3) is 5.91 Å². The number of benzene rings is 1. The quantitative estimate of drug-likeness (QED) is 0.849. The van der Waals surface area contributed by atoms with Crippen LogP contribution in [-0.2, 0) is 0 Å². The monoisotopic (exact) mass is 382 g/mol. The molecule has 1 saturated carbocycles. The van der Waals surface area contributed by atoms with Crippen LogP contribution in [0.5, 0.6) is 0 Å². The van der Waals surface area contributed by atoms with Gasteiger partial charge >= 0.3 is 0 Å². The van der Waals surface area contributed by atoms with Gasteiger partial charge in [0.1, 0.15) is 0 Å². The zero-order chi connectivity index (χ0) is 17.1. The number of nitrogens with two attached hydrogens (primary N) is 1. The van der Waals surface area contributed by atoms with Crippen molar-refractivity contribution in [1.82, 2.24) is 15.1 Å². The molecule has 136 valence electrons. The summed E-state index contributed by atoms with van der Waals surface area (Å²) >= 11 is 6.05. The van der Waals surface area contributed by atoms with E-state index in [-0.39, 0.29) is 24.4 Å². The summed E-state index contributed by atoms with van der Waals surface area (Å²) < 4.78 is 1.74. The van der Waals surface area contributed by atoms with Crippen LogP contribution in [0.4, 0.5) is 0 Å². The van der Waals surface area contributed by atoms with E-state index in [0.29, 0.717) is 23.0 Å². The zero-order valence-corrected chi connectivity index (χ0v) is 15.8. The van der Waals surface area contributed by atoms with Crippen LogP contribution in [0.2, 0.25) is 5.02 Å². The Balaban J connectivity index is 0.00000225. The Bertz CT molecular complexity index is 732. The minimum absolute atomic E-state index is 0. The van der Waals surface area contributed by atoms with Gasteiger partial charge in [-0.15, -0.1) is 12.4 Å². The number of amides is 1. The third-order valence-electron chi connectivity index (χ3n) is 4.84. The van der Waals surface area contributed by atoms with Gasteiger partial charge in [-0.05, 0) is 50.4 Å². The van der Waals surface area contributed by atoms with Gasteiger partial charge in [0.15, 0.2) is 0 Å². The predicted octanol–water partition coefficient (Wildman–Crippen LogP) is 3.50. The lowest BCUT2D eigenvalue weighted by Crippen LogP contribution is -2.44. The van der Waals surface area contributed by atoms with Crippen molar-refractivity contribution in [3.05, 3.63) is 46.7 Å². The molecule has 0 spiro atoms. The summed E-state index contributed by atoms with van der Waals surface area (Å²) in [4.78, 5) is 12.7. The Morgan fingerprint density at radius 2 is 2.16 bits per heavy atom. The molecule has 1 aliphatic carbocycles. The third-order valence-corrected chi connectivity index (χ3v) is 5.07. The molecule has 2 unspecified atom stereocenters. The molecular formula is C18H24Cl2N4O. The molecule has 3 N–H and O–H groups in total. The fourth-order valence-electron chi connectivity index (χ4n) is 3.43. The van der Waals surface area contributed by atoms with Gasteiger partial charge in [0, 0.05) is 11.1 Å². The van der Waals surface area contributed by atoms with Crippen LogP contribution < -0.4 is 11.1 Å². The van der Waals surface area contributed by atoms with E-state index in [1.165, 1.54) is 6.42 Å². The van der Waals surface area contributed by atoms with Gasteiger partial charge in [0.2, 0.25) is 0 Å². The first-order chi connectivity index (χ1) is 11.6. The number of carbonyl (C=O) groups is 1. The van der Waals surface area contributed by atoms with Gasteiger partial charge < -0.3 is 11.1 Å². The van der Waals surface area contributed by atoms with Crippen LogP contribution in [0.1, 0.15) is 41.7 Å². The van der Waals surface area contributed by atoms with Crippen molar-refractivity contribution in [3.63, 3.8) is 0 Å². The number of aromatic nitrogens is 2. The van der Waals surface area contributed by atoms with Crippen LogP contribution in [0.3, 0.4) is 0 Å². The SMILES string of the molecule is Cc1c(C(=O)NC2CCCCC2CN)cnn1-c1cccc(Cl)c1.Cl. The summed E-state index contributed by atoms with van der Waals surface area (Å²) in [6.07, 6.45) is 6.03. The zero-order valence-electron chi connectivity index (χ0n) is 14.2. The van der Waals surface area contributed by atoms with Crippen molar-refractivity contribution in [1.29, 1.82) is 0 Å². The predicted molar refractivity (Wildman–Crippen MR) is 103 cm³/mol. The molecule has 1 amide bonds. The van der Waals surface area contributed by atoms with Crippen molar-refractivity contribution >= 4 is 29.9 Å². The molecule has 1 aromatic heterocycles. The Kier molecular flexibility index (Phi) is 6.87. The highest BCUT2D eigenvalue weighted by Crippen LogP contribution is 2.24. The maximum absolute atomic E-state index is 12.7. The highest BCUT2D eigenvalue weighted by atomic mass is 35.5. The Labute approximate surface area is 159 Å². The fraction of sp³-hybridized carbons (Fsp3) is 0.444. The summed E-state index contributed by atoms with van der Waals surface area (Å²) in [6, 6.07) is 7.58. The summed E-state index contributed by atoms with van der Waals surface area (Å²) in [6.45, 7) is 2.51. The lowest BCUT2D eigenvalue weighted by molar-refractivity contribution is 0.0907. The maximum Gasteiger partial charge on any atom is 0.254 e. The lowest BCUT2D eigenvalue weighted by atomic mass is 9.84. The molecule has 2 aromatic rings. The molecule has 1 heterocycles. The average molecular weight is 383 g/mol. The van der Waals surface area contributed by atoms with E-state index < -0.39 is 0 Å². The van der Waals surface area contributed by atoms with E-state index in [1.54, 1.807) is 10.9 Å². The first kappa shape index (κ1) is 19.8. The molecule has 2 atom stereocenters. The first-order valence-electron chi connectivity index (χ1n) is 8.41. The van der Waals surface area contributed by atoms with Gasteiger partial charge in [-0.2, -0.15) is 5.10 Å². The number of hydrogen-bond acceptors (Lipinski definition) is 3. The second-order valence-electron chi connectivity index (χ2n) is 6.40. The topological polar surface area (TPSA) is 72.9 Å². The average Bonchev–Trinajstić information content (AvgIpc) is 2.97. The van der Waals surface area contributed by atoms with E-state index in [0.717, 1.165) is 30.6 Å². The van der Waals surface area contributed by atoms with Crippen molar-refractivity contribution < 1.29 is 4.79 Å². The van der Waals surface area contributed by atoms with E-state index in [1.807, 2.05) is 31.2 Å². The minimum Gasteiger partial charge on any atom is -0.349 e. The van der Waals surface area contributed by atoms with Gasteiger partial charge in [-0.25, -0.2) is 4.68 Å². The van der Waals surface area contributed by atoms with Crippen molar-refractivity contribution in [2.24, 2.45) is 11.7 Å². The molecule has 7 heteroatoms. The first-order valence-corrected chi connectivity index (χ1v) is 8.79.